The highest BCUT2D eigenvalue weighted by atomic mass is 16.5. The molecule has 1 aliphatic carbocycles. The summed E-state index contributed by atoms with van der Waals surface area (Å²) in [6, 6.07) is 14.8. The molecule has 0 bridgehead atoms. The third-order valence-electron chi connectivity index (χ3n) is 5.41. The number of aromatic nitrogens is 1. The van der Waals surface area contributed by atoms with Crippen molar-refractivity contribution in [2.75, 3.05) is 7.11 Å². The second-order valence-electron chi connectivity index (χ2n) is 7.20. The van der Waals surface area contributed by atoms with Gasteiger partial charge in [0.15, 0.2) is 5.76 Å². The van der Waals surface area contributed by atoms with Gasteiger partial charge in [0.25, 0.3) is 5.91 Å². The molecule has 3 aromatic rings. The second-order valence-corrected chi connectivity index (χ2v) is 7.20. The van der Waals surface area contributed by atoms with Gasteiger partial charge >= 0.3 is 5.97 Å². The number of methoxy groups -OCH3 is 1. The van der Waals surface area contributed by atoms with Gasteiger partial charge < -0.3 is 14.6 Å². The summed E-state index contributed by atoms with van der Waals surface area (Å²) in [6.45, 7) is 0. The average Bonchev–Trinajstić information content (AvgIpc) is 3.17. The monoisotopic (exact) mass is 378 g/mol. The summed E-state index contributed by atoms with van der Waals surface area (Å²) in [7, 11) is 1.36. The highest BCUT2D eigenvalue weighted by Crippen LogP contribution is 2.31. The topological polar surface area (TPSA) is 81.4 Å². The molecule has 6 heteroatoms. The van der Waals surface area contributed by atoms with Crippen LogP contribution >= 0.6 is 0 Å². The fraction of sp³-hybridized carbons (Fsp3) is 0.318. The number of carbonyl (C=O) groups is 2. The van der Waals surface area contributed by atoms with Crippen molar-refractivity contribution >= 4 is 22.8 Å². The minimum Gasteiger partial charge on any atom is -0.467 e. The van der Waals surface area contributed by atoms with Crippen LogP contribution in [0.2, 0.25) is 0 Å². The first-order valence-corrected chi connectivity index (χ1v) is 9.49. The molecule has 0 saturated heterocycles. The van der Waals surface area contributed by atoms with Gasteiger partial charge in [0.05, 0.1) is 12.5 Å². The van der Waals surface area contributed by atoms with Crippen molar-refractivity contribution in [1.82, 2.24) is 10.5 Å². The number of fused-ring (bicyclic) bond motifs is 1. The molecule has 1 aromatic heterocycles. The van der Waals surface area contributed by atoms with Crippen LogP contribution in [-0.4, -0.2) is 29.7 Å². The maximum atomic E-state index is 13.0. The second kappa shape index (κ2) is 7.46. The molecule has 0 radical (unpaired) electrons. The molecular formula is C22H22N2O4. The lowest BCUT2D eigenvalue weighted by Gasteiger charge is -2.35. The van der Waals surface area contributed by atoms with E-state index >= 15 is 0 Å². The zero-order chi connectivity index (χ0) is 19.6. The van der Waals surface area contributed by atoms with E-state index in [1.807, 2.05) is 30.3 Å². The molecule has 1 heterocycles. The van der Waals surface area contributed by atoms with Crippen LogP contribution in [0.3, 0.4) is 0 Å². The summed E-state index contributed by atoms with van der Waals surface area (Å²) in [5.41, 5.74) is 1.08. The average molecular weight is 378 g/mol. The van der Waals surface area contributed by atoms with Gasteiger partial charge in [-0.3, -0.25) is 4.79 Å². The zero-order valence-corrected chi connectivity index (χ0v) is 15.7. The Bertz CT molecular complexity index is 1000. The van der Waals surface area contributed by atoms with E-state index in [9.17, 15) is 9.59 Å². The molecule has 28 heavy (non-hydrogen) atoms. The third kappa shape index (κ3) is 3.26. The fourth-order valence-electron chi connectivity index (χ4n) is 3.90. The molecule has 4 rings (SSSR count). The van der Waals surface area contributed by atoms with Crippen LogP contribution in [0, 0.1) is 0 Å². The number of nitrogens with zero attached hydrogens (tertiary/aromatic N) is 1. The molecule has 1 fully saturated rings. The summed E-state index contributed by atoms with van der Waals surface area (Å²) in [4.78, 5) is 25.4. The van der Waals surface area contributed by atoms with Gasteiger partial charge in [-0.1, -0.05) is 54.8 Å². The van der Waals surface area contributed by atoms with E-state index in [0.29, 0.717) is 29.7 Å². The summed E-state index contributed by atoms with van der Waals surface area (Å²) < 4.78 is 10.5. The molecule has 1 amide bonds. The van der Waals surface area contributed by atoms with Crippen LogP contribution in [0.25, 0.3) is 22.2 Å². The van der Waals surface area contributed by atoms with E-state index < -0.39 is 5.54 Å². The lowest BCUT2D eigenvalue weighted by Crippen LogP contribution is -2.56. The molecule has 6 nitrogen and oxygen atoms in total. The largest absolute Gasteiger partial charge is 0.467 e. The third-order valence-corrected chi connectivity index (χ3v) is 5.41. The van der Waals surface area contributed by atoms with Gasteiger partial charge in [-0.25, -0.2) is 4.79 Å². The first-order chi connectivity index (χ1) is 13.6. The van der Waals surface area contributed by atoms with Gasteiger partial charge in [-0.15, -0.1) is 0 Å². The van der Waals surface area contributed by atoms with E-state index in [0.717, 1.165) is 30.2 Å². The van der Waals surface area contributed by atoms with Crippen LogP contribution in [0.4, 0.5) is 0 Å². The minimum atomic E-state index is -0.948. The van der Waals surface area contributed by atoms with E-state index in [4.69, 9.17) is 9.26 Å². The maximum absolute atomic E-state index is 13.0. The zero-order valence-electron chi connectivity index (χ0n) is 15.7. The first kappa shape index (κ1) is 18.2. The summed E-state index contributed by atoms with van der Waals surface area (Å²) >= 11 is 0. The van der Waals surface area contributed by atoms with Crippen LogP contribution in [0.1, 0.15) is 42.5 Å². The Morgan fingerprint density at radius 1 is 1.07 bits per heavy atom. The van der Waals surface area contributed by atoms with Crippen LogP contribution in [0.5, 0.6) is 0 Å². The lowest BCUT2D eigenvalue weighted by atomic mass is 9.81. The normalized spacial score (nSPS) is 15.9. The Balaban J connectivity index is 1.67. The van der Waals surface area contributed by atoms with Crippen molar-refractivity contribution < 1.29 is 18.8 Å². The van der Waals surface area contributed by atoms with E-state index in [1.165, 1.54) is 7.11 Å². The number of amides is 1. The molecule has 0 atom stereocenters. The predicted molar refractivity (Wildman–Crippen MR) is 105 cm³/mol. The van der Waals surface area contributed by atoms with Crippen LogP contribution in [0.15, 0.2) is 53.1 Å². The van der Waals surface area contributed by atoms with Gasteiger partial charge in [0, 0.05) is 11.1 Å². The number of ether oxygens (including phenoxy) is 1. The number of rotatable bonds is 4. The number of hydrogen-bond donors (Lipinski definition) is 1. The Morgan fingerprint density at radius 3 is 2.54 bits per heavy atom. The molecule has 1 N–H and O–H groups in total. The molecule has 0 spiro atoms. The molecule has 0 unspecified atom stereocenters. The number of benzene rings is 2. The van der Waals surface area contributed by atoms with Crippen LogP contribution < -0.4 is 5.32 Å². The number of esters is 1. The molecular weight excluding hydrogens is 356 g/mol. The van der Waals surface area contributed by atoms with Gasteiger partial charge in [0.1, 0.15) is 11.1 Å². The van der Waals surface area contributed by atoms with Gasteiger partial charge in [-0.05, 0) is 31.0 Å². The molecule has 144 valence electrons. The van der Waals surface area contributed by atoms with Gasteiger partial charge in [-0.2, -0.15) is 0 Å². The quantitative estimate of drug-likeness (QED) is 0.691. The Kier molecular flexibility index (Phi) is 4.86. The number of nitrogens with one attached hydrogen (secondary N) is 1. The lowest BCUT2D eigenvalue weighted by molar-refractivity contribution is -0.149. The minimum absolute atomic E-state index is 0.297. The Labute approximate surface area is 162 Å². The Hall–Kier alpha value is -3.15. The standard InChI is InChI=1S/C22H22N2O4/c1-27-21(26)22(12-6-3-7-13-22)23-20(25)16-10-11-18-17(14-16)19(28-24-18)15-8-4-2-5-9-15/h2,4-5,8-11,14H,3,6-7,12-13H2,1H3,(H,23,25). The first-order valence-electron chi connectivity index (χ1n) is 9.49. The highest BCUT2D eigenvalue weighted by Gasteiger charge is 2.42. The van der Waals surface area contributed by atoms with E-state index in [2.05, 4.69) is 10.5 Å². The molecule has 1 saturated carbocycles. The van der Waals surface area contributed by atoms with Crippen LogP contribution in [-0.2, 0) is 9.53 Å². The Morgan fingerprint density at radius 2 is 1.82 bits per heavy atom. The van der Waals surface area contributed by atoms with Crippen molar-refractivity contribution in [2.45, 2.75) is 37.6 Å². The van der Waals surface area contributed by atoms with E-state index in [-0.39, 0.29) is 11.9 Å². The molecule has 1 aliphatic rings. The van der Waals surface area contributed by atoms with E-state index in [1.54, 1.807) is 18.2 Å². The molecule has 0 aliphatic heterocycles. The summed E-state index contributed by atoms with van der Waals surface area (Å²) in [5.74, 6) is -0.0587. The smallest absolute Gasteiger partial charge is 0.331 e. The summed E-state index contributed by atoms with van der Waals surface area (Å²) in [5, 5.41) is 7.80. The maximum Gasteiger partial charge on any atom is 0.331 e. The SMILES string of the molecule is COC(=O)C1(NC(=O)c2ccc3noc(-c4ccccc4)c3c2)CCCCC1. The van der Waals surface area contributed by atoms with Gasteiger partial charge in [0.2, 0.25) is 0 Å². The number of hydrogen-bond acceptors (Lipinski definition) is 5. The van der Waals surface area contributed by atoms with Crippen molar-refractivity contribution in [3.05, 3.63) is 54.1 Å². The predicted octanol–water partition coefficient (Wildman–Crippen LogP) is 4.10. The van der Waals surface area contributed by atoms with Crippen molar-refractivity contribution in [3.8, 4) is 11.3 Å². The molecule has 2 aromatic carbocycles. The van der Waals surface area contributed by atoms with Crippen molar-refractivity contribution in [2.24, 2.45) is 0 Å². The van der Waals surface area contributed by atoms with Crippen molar-refractivity contribution in [1.29, 1.82) is 0 Å². The van der Waals surface area contributed by atoms with Crippen molar-refractivity contribution in [3.63, 3.8) is 0 Å². The highest BCUT2D eigenvalue weighted by molar-refractivity contribution is 6.02. The number of carbonyl (C=O) groups excluding carboxylic acids is 2. The summed E-state index contributed by atoms with van der Waals surface area (Å²) in [6.07, 6.45) is 4.02. The fourth-order valence-corrected chi connectivity index (χ4v) is 3.90.